The van der Waals surface area contributed by atoms with Crippen LogP contribution in [0.1, 0.15) is 28.9 Å². The van der Waals surface area contributed by atoms with Crippen LogP contribution in [0.5, 0.6) is 11.5 Å². The number of H-pyrrole nitrogens is 1. The largest absolute Gasteiger partial charge is 0.489 e. The summed E-state index contributed by atoms with van der Waals surface area (Å²) in [7, 11) is 0. The van der Waals surface area contributed by atoms with Gasteiger partial charge in [0.25, 0.3) is 5.91 Å². The Morgan fingerprint density at radius 2 is 2.03 bits per heavy atom. The number of hydrogen-bond donors (Lipinski definition) is 2. The zero-order valence-corrected chi connectivity index (χ0v) is 16.8. The predicted molar refractivity (Wildman–Crippen MR) is 110 cm³/mol. The van der Waals surface area contributed by atoms with Gasteiger partial charge in [0.15, 0.2) is 17.2 Å². The number of benzene rings is 2. The van der Waals surface area contributed by atoms with E-state index in [4.69, 9.17) is 25.8 Å². The van der Waals surface area contributed by atoms with Crippen molar-refractivity contribution in [1.29, 1.82) is 0 Å². The van der Waals surface area contributed by atoms with Crippen molar-refractivity contribution in [2.45, 2.75) is 19.4 Å². The fraction of sp³-hybridized carbons (Fsp3) is 0.286. The minimum Gasteiger partial charge on any atom is -0.489 e. The third-order valence-corrected chi connectivity index (χ3v) is 4.84. The van der Waals surface area contributed by atoms with Gasteiger partial charge in [-0.3, -0.25) is 14.7 Å². The first-order valence-corrected chi connectivity index (χ1v) is 9.94. The molecule has 3 aromatic rings. The SMILES string of the molecule is O=C(CCNC(=O)c1n[nH]c2ccccc12)OCc1cc(Cl)c2c(c1)OCCCO2. The van der Waals surface area contributed by atoms with Gasteiger partial charge in [0.2, 0.25) is 0 Å². The third kappa shape index (κ3) is 4.49. The summed E-state index contributed by atoms with van der Waals surface area (Å²) in [5.41, 5.74) is 1.77. The molecule has 0 atom stereocenters. The minimum absolute atomic E-state index is 0.0341. The molecule has 0 radical (unpaired) electrons. The molecule has 2 N–H and O–H groups in total. The van der Waals surface area contributed by atoms with Gasteiger partial charge in [-0.25, -0.2) is 0 Å². The molecule has 1 aliphatic heterocycles. The number of fused-ring (bicyclic) bond motifs is 2. The highest BCUT2D eigenvalue weighted by molar-refractivity contribution is 6.32. The summed E-state index contributed by atoms with van der Waals surface area (Å²) in [6.07, 6.45) is 0.807. The van der Waals surface area contributed by atoms with Crippen molar-refractivity contribution in [3.63, 3.8) is 0 Å². The summed E-state index contributed by atoms with van der Waals surface area (Å²) in [5.74, 6) is 0.266. The summed E-state index contributed by atoms with van der Waals surface area (Å²) in [5, 5.41) is 10.7. The number of hydrogen-bond acceptors (Lipinski definition) is 6. The lowest BCUT2D eigenvalue weighted by molar-refractivity contribution is -0.144. The van der Waals surface area contributed by atoms with Gasteiger partial charge in [-0.05, 0) is 23.8 Å². The summed E-state index contributed by atoms with van der Waals surface area (Å²) < 4.78 is 16.5. The maximum atomic E-state index is 12.3. The number of nitrogens with one attached hydrogen (secondary N) is 2. The Morgan fingerprint density at radius 1 is 1.20 bits per heavy atom. The van der Waals surface area contributed by atoms with Crippen molar-refractivity contribution in [2.24, 2.45) is 0 Å². The second-order valence-electron chi connectivity index (χ2n) is 6.74. The van der Waals surface area contributed by atoms with E-state index in [-0.39, 0.29) is 25.5 Å². The van der Waals surface area contributed by atoms with E-state index in [0.717, 1.165) is 17.3 Å². The maximum absolute atomic E-state index is 12.3. The van der Waals surface area contributed by atoms with Crippen molar-refractivity contribution in [3.8, 4) is 11.5 Å². The van der Waals surface area contributed by atoms with Gasteiger partial charge >= 0.3 is 5.97 Å². The number of aromatic amines is 1. The molecule has 0 saturated carbocycles. The first kappa shape index (κ1) is 20.0. The molecular formula is C21H20ClN3O5. The van der Waals surface area contributed by atoms with Crippen LogP contribution in [0.25, 0.3) is 10.9 Å². The average molecular weight is 430 g/mol. The Labute approximate surface area is 177 Å². The van der Waals surface area contributed by atoms with E-state index in [1.54, 1.807) is 12.1 Å². The van der Waals surface area contributed by atoms with E-state index in [1.807, 2.05) is 24.3 Å². The van der Waals surface area contributed by atoms with Crippen molar-refractivity contribution < 1.29 is 23.8 Å². The van der Waals surface area contributed by atoms with Crippen LogP contribution in [-0.2, 0) is 16.1 Å². The minimum atomic E-state index is -0.439. The molecule has 8 nitrogen and oxygen atoms in total. The van der Waals surface area contributed by atoms with Crippen LogP contribution in [0.3, 0.4) is 0 Å². The van der Waals surface area contributed by atoms with Gasteiger partial charge in [0, 0.05) is 18.4 Å². The van der Waals surface area contributed by atoms with Crippen molar-refractivity contribution >= 4 is 34.4 Å². The molecule has 156 valence electrons. The average Bonchev–Trinajstić information content (AvgIpc) is 3.03. The lowest BCUT2D eigenvalue weighted by atomic mass is 10.2. The van der Waals surface area contributed by atoms with E-state index in [2.05, 4.69) is 15.5 Å². The number of aromatic nitrogens is 2. The summed E-state index contributed by atoms with van der Waals surface area (Å²) in [6.45, 7) is 1.27. The summed E-state index contributed by atoms with van der Waals surface area (Å²) in [6, 6.07) is 10.8. The molecule has 0 unspecified atom stereocenters. The summed E-state index contributed by atoms with van der Waals surface area (Å²) in [4.78, 5) is 24.3. The van der Waals surface area contributed by atoms with Gasteiger partial charge < -0.3 is 19.5 Å². The van der Waals surface area contributed by atoms with Gasteiger partial charge in [-0.15, -0.1) is 0 Å². The van der Waals surface area contributed by atoms with Crippen LogP contribution < -0.4 is 14.8 Å². The number of esters is 1. The molecule has 0 fully saturated rings. The first-order valence-electron chi connectivity index (χ1n) is 9.57. The van der Waals surface area contributed by atoms with Gasteiger partial charge in [0.05, 0.1) is 30.2 Å². The van der Waals surface area contributed by atoms with Crippen LogP contribution in [0, 0.1) is 0 Å². The van der Waals surface area contributed by atoms with Gasteiger partial charge in [-0.2, -0.15) is 5.10 Å². The third-order valence-electron chi connectivity index (χ3n) is 4.56. The molecular weight excluding hydrogens is 410 g/mol. The highest BCUT2D eigenvalue weighted by Gasteiger charge is 2.17. The van der Waals surface area contributed by atoms with Crippen molar-refractivity contribution in [1.82, 2.24) is 15.5 Å². The molecule has 2 aromatic carbocycles. The Kier molecular flexibility index (Phi) is 6.04. The van der Waals surface area contributed by atoms with Crippen LogP contribution in [-0.4, -0.2) is 41.8 Å². The Morgan fingerprint density at radius 3 is 2.93 bits per heavy atom. The number of para-hydroxylation sites is 1. The molecule has 0 saturated heterocycles. The molecule has 1 aromatic heterocycles. The topological polar surface area (TPSA) is 103 Å². The molecule has 0 bridgehead atoms. The molecule has 1 amide bonds. The number of nitrogens with zero attached hydrogens (tertiary/aromatic N) is 1. The van der Waals surface area contributed by atoms with Crippen molar-refractivity contribution in [2.75, 3.05) is 19.8 Å². The van der Waals surface area contributed by atoms with Crippen LogP contribution >= 0.6 is 11.6 Å². The molecule has 2 heterocycles. The highest BCUT2D eigenvalue weighted by atomic mass is 35.5. The number of ether oxygens (including phenoxy) is 3. The van der Waals surface area contributed by atoms with Gasteiger partial charge in [0.1, 0.15) is 6.61 Å². The Balaban J connectivity index is 1.27. The second-order valence-corrected chi connectivity index (χ2v) is 7.15. The summed E-state index contributed by atoms with van der Waals surface area (Å²) >= 11 is 6.24. The van der Waals surface area contributed by atoms with E-state index in [1.165, 1.54) is 0 Å². The number of carbonyl (C=O) groups is 2. The lowest BCUT2D eigenvalue weighted by Crippen LogP contribution is -2.27. The highest BCUT2D eigenvalue weighted by Crippen LogP contribution is 2.38. The molecule has 4 rings (SSSR count). The Hall–Kier alpha value is -3.26. The molecule has 1 aliphatic rings. The zero-order valence-electron chi connectivity index (χ0n) is 16.1. The van der Waals surface area contributed by atoms with Crippen molar-refractivity contribution in [3.05, 3.63) is 52.7 Å². The zero-order chi connectivity index (χ0) is 20.9. The Bertz CT molecular complexity index is 1080. The molecule has 0 aliphatic carbocycles. The normalized spacial score (nSPS) is 13.0. The second kappa shape index (κ2) is 9.04. The predicted octanol–water partition coefficient (Wildman–Crippen LogP) is 3.24. The first-order chi connectivity index (χ1) is 14.6. The maximum Gasteiger partial charge on any atom is 0.307 e. The monoisotopic (exact) mass is 429 g/mol. The van der Waals surface area contributed by atoms with E-state index >= 15 is 0 Å². The van der Waals surface area contributed by atoms with E-state index in [0.29, 0.717) is 41.0 Å². The fourth-order valence-corrected chi connectivity index (χ4v) is 3.39. The lowest BCUT2D eigenvalue weighted by Gasteiger charge is -2.12. The number of halogens is 1. The van der Waals surface area contributed by atoms with E-state index < -0.39 is 5.97 Å². The molecule has 9 heteroatoms. The van der Waals surface area contributed by atoms with Gasteiger partial charge in [-0.1, -0.05) is 29.8 Å². The number of amides is 1. The number of carbonyl (C=O) groups excluding carboxylic acids is 2. The quantitative estimate of drug-likeness (QED) is 0.583. The number of rotatable bonds is 6. The molecule has 0 spiro atoms. The smallest absolute Gasteiger partial charge is 0.307 e. The van der Waals surface area contributed by atoms with Crippen LogP contribution in [0.15, 0.2) is 36.4 Å². The van der Waals surface area contributed by atoms with Crippen LogP contribution in [0.4, 0.5) is 0 Å². The van der Waals surface area contributed by atoms with E-state index in [9.17, 15) is 9.59 Å². The van der Waals surface area contributed by atoms with Crippen LogP contribution in [0.2, 0.25) is 5.02 Å². The standard InChI is InChI=1S/C21H20ClN3O5/c22-15-10-13(11-17-20(15)29-9-3-8-28-17)12-30-18(26)6-7-23-21(27)19-14-4-1-2-5-16(14)24-25-19/h1-2,4-5,10-11H,3,6-9,12H2,(H,23,27)(H,24,25). The fourth-order valence-electron chi connectivity index (χ4n) is 3.10. The molecule has 30 heavy (non-hydrogen) atoms.